The second-order valence-electron chi connectivity index (χ2n) is 3.57. The van der Waals surface area contributed by atoms with E-state index in [1.807, 2.05) is 0 Å². The molecule has 2 rings (SSSR count). The van der Waals surface area contributed by atoms with E-state index in [0.717, 1.165) is 0 Å². The lowest BCUT2D eigenvalue weighted by atomic mass is 10.1. The summed E-state index contributed by atoms with van der Waals surface area (Å²) in [7, 11) is 0. The molecule has 4 atom stereocenters. The number of hydrogen-bond acceptors (Lipinski definition) is 7. The van der Waals surface area contributed by atoms with Crippen LogP contribution in [0.4, 0.5) is 0 Å². The van der Waals surface area contributed by atoms with Gasteiger partial charge in [0.25, 0.3) is 0 Å². The highest BCUT2D eigenvalue weighted by molar-refractivity contribution is 4.90. The predicted octanol–water partition coefficient (Wildman–Crippen LogP) is -2.65. The molecular formula is C8H14N4O4. The van der Waals surface area contributed by atoms with Crippen molar-refractivity contribution in [3.63, 3.8) is 0 Å². The molecular weight excluding hydrogens is 216 g/mol. The van der Waals surface area contributed by atoms with Crippen LogP contribution in [0.5, 0.6) is 0 Å². The normalized spacial score (nSPS) is 34.5. The molecule has 1 saturated heterocycles. The molecule has 0 bridgehead atoms. The molecule has 1 aromatic rings. The highest BCUT2D eigenvalue weighted by atomic mass is 16.6. The lowest BCUT2D eigenvalue weighted by Gasteiger charge is -2.13. The fraction of sp³-hybridized carbons (Fsp3) is 0.750. The summed E-state index contributed by atoms with van der Waals surface area (Å²) in [4.78, 5) is 3.88. The van der Waals surface area contributed by atoms with Crippen molar-refractivity contribution in [2.24, 2.45) is 5.73 Å². The van der Waals surface area contributed by atoms with Crippen LogP contribution in [-0.2, 0) is 11.3 Å². The standard InChI is InChI=1S/C8H14N4O4/c9-1-5-10-3-12(11-5)8-7(15)6(14)4(2-13)16-8/h3-4,6-8,13-15H,1-2,9H2/t4-,6?,7+,8-/m1/s1. The quantitative estimate of drug-likeness (QED) is 0.446. The van der Waals surface area contributed by atoms with Gasteiger partial charge in [0.2, 0.25) is 0 Å². The Kier molecular flexibility index (Phi) is 3.17. The van der Waals surface area contributed by atoms with E-state index in [2.05, 4.69) is 10.1 Å². The van der Waals surface area contributed by atoms with Gasteiger partial charge in [0.05, 0.1) is 13.2 Å². The maximum atomic E-state index is 9.69. The third-order valence-electron chi connectivity index (χ3n) is 2.52. The molecule has 0 radical (unpaired) electrons. The van der Waals surface area contributed by atoms with E-state index in [9.17, 15) is 10.2 Å². The number of ether oxygens (including phenoxy) is 1. The number of aromatic nitrogens is 3. The Bertz CT molecular complexity index is 358. The van der Waals surface area contributed by atoms with E-state index in [1.165, 1.54) is 11.0 Å². The Morgan fingerprint density at radius 3 is 2.69 bits per heavy atom. The lowest BCUT2D eigenvalue weighted by molar-refractivity contribution is -0.0589. The molecule has 8 heteroatoms. The molecule has 8 nitrogen and oxygen atoms in total. The minimum Gasteiger partial charge on any atom is -0.394 e. The molecule has 0 aromatic carbocycles. The van der Waals surface area contributed by atoms with Gasteiger partial charge in [0.15, 0.2) is 12.1 Å². The van der Waals surface area contributed by atoms with E-state index < -0.39 is 24.5 Å². The van der Waals surface area contributed by atoms with Crippen LogP contribution < -0.4 is 5.73 Å². The first-order valence-corrected chi connectivity index (χ1v) is 4.90. The van der Waals surface area contributed by atoms with E-state index in [0.29, 0.717) is 5.82 Å². The molecule has 0 spiro atoms. The molecule has 0 aliphatic carbocycles. The third-order valence-corrected chi connectivity index (χ3v) is 2.52. The molecule has 1 unspecified atom stereocenters. The minimum absolute atomic E-state index is 0.182. The van der Waals surface area contributed by atoms with Crippen molar-refractivity contribution >= 4 is 0 Å². The SMILES string of the molecule is NCc1ncn([C@@H]2O[C@H](CO)C(O)[C@@H]2O)n1. The summed E-state index contributed by atoms with van der Waals surface area (Å²) in [5.74, 6) is 0.415. The number of rotatable bonds is 3. The van der Waals surface area contributed by atoms with Crippen molar-refractivity contribution in [1.82, 2.24) is 14.8 Å². The molecule has 1 aliphatic rings. The number of aliphatic hydroxyl groups excluding tert-OH is 3. The Labute approximate surface area is 91.3 Å². The average molecular weight is 230 g/mol. The Morgan fingerprint density at radius 1 is 1.44 bits per heavy atom. The van der Waals surface area contributed by atoms with Gasteiger partial charge in [-0.1, -0.05) is 0 Å². The first kappa shape index (κ1) is 11.4. The number of nitrogens with zero attached hydrogens (tertiary/aromatic N) is 3. The third kappa shape index (κ3) is 1.81. The Balaban J connectivity index is 2.16. The van der Waals surface area contributed by atoms with E-state index >= 15 is 0 Å². The van der Waals surface area contributed by atoms with Crippen LogP contribution in [0.1, 0.15) is 12.1 Å². The van der Waals surface area contributed by atoms with Crippen molar-refractivity contribution in [3.05, 3.63) is 12.2 Å². The first-order valence-electron chi connectivity index (χ1n) is 4.90. The summed E-state index contributed by atoms with van der Waals surface area (Å²) in [6.45, 7) is -0.186. The van der Waals surface area contributed by atoms with Gasteiger partial charge in [-0.25, -0.2) is 9.67 Å². The Morgan fingerprint density at radius 2 is 2.19 bits per heavy atom. The van der Waals surface area contributed by atoms with Crippen molar-refractivity contribution < 1.29 is 20.1 Å². The Hall–Kier alpha value is -1.06. The molecule has 1 fully saturated rings. The van der Waals surface area contributed by atoms with Gasteiger partial charge in [-0.3, -0.25) is 0 Å². The maximum Gasteiger partial charge on any atom is 0.180 e. The molecule has 1 aliphatic heterocycles. The first-order chi connectivity index (χ1) is 7.67. The van der Waals surface area contributed by atoms with Crippen LogP contribution in [0.2, 0.25) is 0 Å². The zero-order valence-corrected chi connectivity index (χ0v) is 8.47. The lowest BCUT2D eigenvalue weighted by Crippen LogP contribution is -2.33. The molecule has 5 N–H and O–H groups in total. The molecule has 0 saturated carbocycles. The summed E-state index contributed by atoms with van der Waals surface area (Å²) < 4.78 is 6.53. The summed E-state index contributed by atoms with van der Waals surface area (Å²) in [5.41, 5.74) is 5.35. The monoisotopic (exact) mass is 230 g/mol. The number of hydrogen-bond donors (Lipinski definition) is 4. The molecule has 1 aromatic heterocycles. The van der Waals surface area contributed by atoms with Gasteiger partial charge in [-0.15, -0.1) is 0 Å². The molecule has 90 valence electrons. The van der Waals surface area contributed by atoms with Crippen LogP contribution >= 0.6 is 0 Å². The van der Waals surface area contributed by atoms with E-state index in [-0.39, 0.29) is 13.2 Å². The van der Waals surface area contributed by atoms with Gasteiger partial charge >= 0.3 is 0 Å². The highest BCUT2D eigenvalue weighted by Gasteiger charge is 2.43. The second-order valence-corrected chi connectivity index (χ2v) is 3.57. The van der Waals surface area contributed by atoms with Crippen molar-refractivity contribution in [2.75, 3.05) is 6.61 Å². The van der Waals surface area contributed by atoms with Gasteiger partial charge in [-0.05, 0) is 0 Å². The zero-order valence-electron chi connectivity index (χ0n) is 8.47. The van der Waals surface area contributed by atoms with Crippen molar-refractivity contribution in [3.8, 4) is 0 Å². The van der Waals surface area contributed by atoms with Crippen LogP contribution in [0.3, 0.4) is 0 Å². The van der Waals surface area contributed by atoms with E-state index in [4.69, 9.17) is 15.6 Å². The fourth-order valence-electron chi connectivity index (χ4n) is 1.63. The molecule has 0 amide bonds. The van der Waals surface area contributed by atoms with Crippen LogP contribution in [0.15, 0.2) is 6.33 Å². The average Bonchev–Trinajstić information content (AvgIpc) is 2.86. The molecule has 16 heavy (non-hydrogen) atoms. The van der Waals surface area contributed by atoms with Gasteiger partial charge in [0.1, 0.15) is 24.6 Å². The van der Waals surface area contributed by atoms with Crippen LogP contribution in [-0.4, -0.2) is 55.0 Å². The predicted molar refractivity (Wildman–Crippen MR) is 50.9 cm³/mol. The largest absolute Gasteiger partial charge is 0.394 e. The van der Waals surface area contributed by atoms with Gasteiger partial charge < -0.3 is 25.8 Å². The van der Waals surface area contributed by atoms with Gasteiger partial charge in [0, 0.05) is 0 Å². The minimum atomic E-state index is -1.15. The number of aliphatic hydroxyl groups is 3. The summed E-state index contributed by atoms with van der Waals surface area (Å²) in [6.07, 6.45) is -2.58. The van der Waals surface area contributed by atoms with E-state index in [1.54, 1.807) is 0 Å². The van der Waals surface area contributed by atoms with Crippen LogP contribution in [0, 0.1) is 0 Å². The fourth-order valence-corrected chi connectivity index (χ4v) is 1.63. The summed E-state index contributed by atoms with van der Waals surface area (Å²) in [6, 6.07) is 0. The zero-order chi connectivity index (χ0) is 11.7. The molecule has 2 heterocycles. The second kappa shape index (κ2) is 4.44. The highest BCUT2D eigenvalue weighted by Crippen LogP contribution is 2.28. The smallest absolute Gasteiger partial charge is 0.180 e. The number of nitrogens with two attached hydrogens (primary N) is 1. The van der Waals surface area contributed by atoms with Crippen molar-refractivity contribution in [2.45, 2.75) is 31.1 Å². The summed E-state index contributed by atoms with van der Waals surface area (Å²) in [5, 5.41) is 32.1. The van der Waals surface area contributed by atoms with Crippen LogP contribution in [0.25, 0.3) is 0 Å². The maximum absolute atomic E-state index is 9.69. The van der Waals surface area contributed by atoms with Crippen molar-refractivity contribution in [1.29, 1.82) is 0 Å². The topological polar surface area (TPSA) is 127 Å². The summed E-state index contributed by atoms with van der Waals surface area (Å²) >= 11 is 0. The van der Waals surface area contributed by atoms with Gasteiger partial charge in [-0.2, -0.15) is 5.10 Å².